The summed E-state index contributed by atoms with van der Waals surface area (Å²) in [6, 6.07) is 9.89. The standard InChI is InChI=1S/C28H28F2N4O3/c1-33(15-20-4-3-6-31-20)16-25-24(17-8-18(29)12-23(9-17)37-2)14-32-26-5-7-34(28(36)27(25)26)21-10-19(30)11-22(35)13-21/h5,7-14,20,31,35H,3-4,6,15-16H2,1-2H3/t20-/m0/s1. The van der Waals surface area contributed by atoms with Crippen LogP contribution in [0.4, 0.5) is 8.78 Å². The summed E-state index contributed by atoms with van der Waals surface area (Å²) in [6.45, 7) is 2.16. The maximum absolute atomic E-state index is 14.5. The second kappa shape index (κ2) is 10.3. The molecule has 37 heavy (non-hydrogen) atoms. The van der Waals surface area contributed by atoms with Gasteiger partial charge >= 0.3 is 0 Å². The van der Waals surface area contributed by atoms with Gasteiger partial charge in [-0.1, -0.05) is 0 Å². The van der Waals surface area contributed by atoms with E-state index in [4.69, 9.17) is 4.74 Å². The molecular weight excluding hydrogens is 478 g/mol. The van der Waals surface area contributed by atoms with Crippen molar-refractivity contribution in [3.8, 4) is 28.3 Å². The Morgan fingerprint density at radius 1 is 1.19 bits per heavy atom. The van der Waals surface area contributed by atoms with Gasteiger partial charge in [-0.3, -0.25) is 14.3 Å². The minimum Gasteiger partial charge on any atom is -0.508 e. The van der Waals surface area contributed by atoms with E-state index in [0.29, 0.717) is 45.9 Å². The number of likely N-dealkylation sites (N-methyl/N-ethyl adjacent to an activating group) is 1. The molecule has 4 aromatic rings. The van der Waals surface area contributed by atoms with Crippen LogP contribution < -0.4 is 15.6 Å². The number of ether oxygens (including phenoxy) is 1. The average Bonchev–Trinajstić information content (AvgIpc) is 3.36. The summed E-state index contributed by atoms with van der Waals surface area (Å²) in [5.41, 5.74) is 2.06. The Bertz CT molecular complexity index is 1500. The molecule has 2 aromatic heterocycles. The summed E-state index contributed by atoms with van der Waals surface area (Å²) in [5, 5.41) is 13.7. The predicted molar refractivity (Wildman–Crippen MR) is 138 cm³/mol. The second-order valence-electron chi connectivity index (χ2n) is 9.44. The molecule has 9 heteroatoms. The van der Waals surface area contributed by atoms with Crippen molar-refractivity contribution in [1.29, 1.82) is 0 Å². The van der Waals surface area contributed by atoms with Gasteiger partial charge in [0.1, 0.15) is 23.1 Å². The first kappa shape index (κ1) is 24.9. The molecule has 0 radical (unpaired) electrons. The van der Waals surface area contributed by atoms with E-state index >= 15 is 0 Å². The molecule has 2 N–H and O–H groups in total. The van der Waals surface area contributed by atoms with Gasteiger partial charge in [0.2, 0.25) is 0 Å². The maximum atomic E-state index is 14.5. The van der Waals surface area contributed by atoms with Gasteiger partial charge in [0.15, 0.2) is 0 Å². The fourth-order valence-corrected chi connectivity index (χ4v) is 5.04. The van der Waals surface area contributed by atoms with Crippen molar-refractivity contribution in [2.45, 2.75) is 25.4 Å². The van der Waals surface area contributed by atoms with Gasteiger partial charge in [-0.2, -0.15) is 0 Å². The van der Waals surface area contributed by atoms with E-state index in [1.165, 1.54) is 42.1 Å². The summed E-state index contributed by atoms with van der Waals surface area (Å²) in [5.74, 6) is -1.07. The highest BCUT2D eigenvalue weighted by molar-refractivity contribution is 5.88. The van der Waals surface area contributed by atoms with Gasteiger partial charge in [-0.05, 0) is 61.8 Å². The minimum absolute atomic E-state index is 0.191. The molecule has 7 nitrogen and oxygen atoms in total. The monoisotopic (exact) mass is 506 g/mol. The molecule has 1 aliphatic heterocycles. The smallest absolute Gasteiger partial charge is 0.264 e. The Hall–Kier alpha value is -3.82. The third kappa shape index (κ3) is 5.19. The number of phenolic OH excluding ortho intramolecular Hbond substituents is 1. The summed E-state index contributed by atoms with van der Waals surface area (Å²) >= 11 is 0. The van der Waals surface area contributed by atoms with Crippen molar-refractivity contribution >= 4 is 10.9 Å². The Labute approximate surface area is 213 Å². The van der Waals surface area contributed by atoms with Crippen LogP contribution in [0.5, 0.6) is 11.5 Å². The third-order valence-electron chi connectivity index (χ3n) is 6.72. The number of pyridine rings is 2. The van der Waals surface area contributed by atoms with Crippen LogP contribution in [0, 0.1) is 11.6 Å². The van der Waals surface area contributed by atoms with Crippen LogP contribution in [0.15, 0.2) is 59.7 Å². The van der Waals surface area contributed by atoms with Crippen LogP contribution >= 0.6 is 0 Å². The average molecular weight is 507 g/mol. The van der Waals surface area contributed by atoms with Crippen molar-refractivity contribution < 1.29 is 18.6 Å². The van der Waals surface area contributed by atoms with Crippen molar-refractivity contribution in [3.05, 3.63) is 82.4 Å². The summed E-state index contributed by atoms with van der Waals surface area (Å²) in [6.07, 6.45) is 5.35. The van der Waals surface area contributed by atoms with Gasteiger partial charge in [-0.25, -0.2) is 8.78 Å². The summed E-state index contributed by atoms with van der Waals surface area (Å²) < 4.78 is 35.1. The quantitative estimate of drug-likeness (QED) is 0.391. The molecular formula is C28H28F2N4O3. The molecule has 1 aliphatic rings. The van der Waals surface area contributed by atoms with E-state index in [1.807, 2.05) is 7.05 Å². The Balaban J connectivity index is 1.71. The Morgan fingerprint density at radius 3 is 2.73 bits per heavy atom. The molecule has 192 valence electrons. The molecule has 5 rings (SSSR count). The Morgan fingerprint density at radius 2 is 2.00 bits per heavy atom. The molecule has 1 fully saturated rings. The first-order valence-corrected chi connectivity index (χ1v) is 12.1. The van der Waals surface area contributed by atoms with Gasteiger partial charge in [-0.15, -0.1) is 0 Å². The number of benzene rings is 2. The van der Waals surface area contributed by atoms with E-state index in [9.17, 15) is 18.7 Å². The molecule has 1 saturated heterocycles. The maximum Gasteiger partial charge on any atom is 0.264 e. The van der Waals surface area contributed by atoms with E-state index in [-0.39, 0.29) is 11.4 Å². The van der Waals surface area contributed by atoms with Gasteiger partial charge in [0.05, 0.1) is 23.7 Å². The molecule has 0 spiro atoms. The predicted octanol–water partition coefficient (Wildman–Crippen LogP) is 4.23. The lowest BCUT2D eigenvalue weighted by atomic mass is 9.97. The molecule has 1 atom stereocenters. The zero-order valence-electron chi connectivity index (χ0n) is 20.7. The molecule has 0 aliphatic carbocycles. The number of halogens is 2. The van der Waals surface area contributed by atoms with E-state index in [0.717, 1.165) is 32.0 Å². The second-order valence-corrected chi connectivity index (χ2v) is 9.44. The largest absolute Gasteiger partial charge is 0.508 e. The number of aromatic hydroxyl groups is 1. The fraction of sp³-hybridized carbons (Fsp3) is 0.286. The van der Waals surface area contributed by atoms with Crippen molar-refractivity contribution in [2.24, 2.45) is 0 Å². The van der Waals surface area contributed by atoms with Crippen LogP contribution in [0.1, 0.15) is 18.4 Å². The number of fused-ring (bicyclic) bond motifs is 1. The molecule has 3 heterocycles. The van der Waals surface area contributed by atoms with Crippen LogP contribution in [-0.4, -0.2) is 52.8 Å². The minimum atomic E-state index is -0.662. The summed E-state index contributed by atoms with van der Waals surface area (Å²) in [7, 11) is 3.45. The highest BCUT2D eigenvalue weighted by Gasteiger charge is 2.21. The van der Waals surface area contributed by atoms with Crippen LogP contribution in [0.25, 0.3) is 27.7 Å². The number of methoxy groups -OCH3 is 1. The number of phenols is 1. The number of nitrogens with one attached hydrogen (secondary N) is 1. The van der Waals surface area contributed by atoms with Crippen molar-refractivity contribution in [2.75, 3.05) is 27.2 Å². The highest BCUT2D eigenvalue weighted by atomic mass is 19.1. The zero-order valence-corrected chi connectivity index (χ0v) is 20.7. The fourth-order valence-electron chi connectivity index (χ4n) is 5.04. The van der Waals surface area contributed by atoms with Gasteiger partial charge < -0.3 is 20.1 Å². The number of hydrogen-bond donors (Lipinski definition) is 2. The Kier molecular flexibility index (Phi) is 6.90. The number of nitrogens with zero attached hydrogens (tertiary/aromatic N) is 3. The highest BCUT2D eigenvalue weighted by Crippen LogP contribution is 2.32. The van der Waals surface area contributed by atoms with Gasteiger partial charge in [0, 0.05) is 55.3 Å². The lowest BCUT2D eigenvalue weighted by Crippen LogP contribution is -2.35. The van der Waals surface area contributed by atoms with Crippen molar-refractivity contribution in [1.82, 2.24) is 19.8 Å². The first-order chi connectivity index (χ1) is 17.8. The molecule has 0 unspecified atom stereocenters. The van der Waals surface area contributed by atoms with Crippen LogP contribution in [-0.2, 0) is 6.54 Å². The normalized spacial score (nSPS) is 15.5. The third-order valence-corrected chi connectivity index (χ3v) is 6.72. The molecule has 0 bridgehead atoms. The van der Waals surface area contributed by atoms with E-state index in [2.05, 4.69) is 15.2 Å². The number of hydrogen-bond acceptors (Lipinski definition) is 6. The van der Waals surface area contributed by atoms with Crippen LogP contribution in [0.3, 0.4) is 0 Å². The van der Waals surface area contributed by atoms with Gasteiger partial charge in [0.25, 0.3) is 5.56 Å². The molecule has 0 saturated carbocycles. The molecule has 0 amide bonds. The number of rotatable bonds is 7. The first-order valence-electron chi connectivity index (χ1n) is 12.1. The zero-order chi connectivity index (χ0) is 26.1. The lowest BCUT2D eigenvalue weighted by Gasteiger charge is -2.23. The summed E-state index contributed by atoms with van der Waals surface area (Å²) in [4.78, 5) is 20.5. The topological polar surface area (TPSA) is 79.6 Å². The molecule has 2 aromatic carbocycles. The van der Waals surface area contributed by atoms with E-state index < -0.39 is 17.2 Å². The SMILES string of the molecule is COc1cc(F)cc(-c2cnc3ccn(-c4cc(O)cc(F)c4)c(=O)c3c2CN(C)C[C@@H]2CCCN2)c1. The number of aromatic nitrogens is 2. The van der Waals surface area contributed by atoms with E-state index in [1.54, 1.807) is 18.3 Å². The lowest BCUT2D eigenvalue weighted by molar-refractivity contribution is 0.294. The van der Waals surface area contributed by atoms with Crippen LogP contribution in [0.2, 0.25) is 0 Å². The van der Waals surface area contributed by atoms with Crippen molar-refractivity contribution in [3.63, 3.8) is 0 Å².